The molecule has 44 heavy (non-hydrogen) atoms. The van der Waals surface area contributed by atoms with E-state index in [0.29, 0.717) is 56.0 Å². The van der Waals surface area contributed by atoms with Crippen molar-refractivity contribution in [1.82, 2.24) is 29.1 Å². The smallest absolute Gasteiger partial charge is 0.231 e. The molecule has 3 fully saturated rings. The van der Waals surface area contributed by atoms with Crippen molar-refractivity contribution in [2.75, 3.05) is 74.2 Å². The summed E-state index contributed by atoms with van der Waals surface area (Å²) < 4.78 is 33.4. The van der Waals surface area contributed by atoms with Gasteiger partial charge in [-0.05, 0) is 50.8 Å². The average molecular weight is 628 g/mol. The molecule has 13 nitrogen and oxygen atoms in total. The van der Waals surface area contributed by atoms with Gasteiger partial charge in [0.1, 0.15) is 11.3 Å². The number of methoxy groups -OCH3 is 1. The lowest BCUT2D eigenvalue weighted by molar-refractivity contribution is 0.0827. The van der Waals surface area contributed by atoms with E-state index in [0.717, 1.165) is 68.0 Å². The first-order chi connectivity index (χ1) is 21.4. The van der Waals surface area contributed by atoms with Crippen molar-refractivity contribution < 1.29 is 18.3 Å². The Bertz CT molecular complexity index is 1500. The van der Waals surface area contributed by atoms with Crippen LogP contribution in [0.2, 0.25) is 0 Å². The van der Waals surface area contributed by atoms with E-state index in [2.05, 4.69) is 35.4 Å². The molecule has 0 radical (unpaired) electrons. The van der Waals surface area contributed by atoms with Gasteiger partial charge >= 0.3 is 0 Å². The number of piperazine rings is 1. The molecule has 3 aromatic rings. The highest BCUT2D eigenvalue weighted by atomic mass is 32.2. The fourth-order valence-electron chi connectivity index (χ4n) is 6.50. The highest BCUT2D eigenvalue weighted by Gasteiger charge is 2.28. The number of fused-ring (bicyclic) bond motifs is 1. The molecule has 2 aliphatic heterocycles. The number of rotatable bonds is 11. The molecule has 1 aromatic carbocycles. The zero-order valence-electron chi connectivity index (χ0n) is 25.5. The van der Waals surface area contributed by atoms with Gasteiger partial charge in [-0.2, -0.15) is 14.3 Å². The van der Waals surface area contributed by atoms with Gasteiger partial charge in [0.2, 0.25) is 16.0 Å². The zero-order chi connectivity index (χ0) is 30.5. The molecule has 4 heterocycles. The summed E-state index contributed by atoms with van der Waals surface area (Å²) in [4.78, 5) is 21.4. The minimum atomic E-state index is -3.31. The molecule has 3 aliphatic rings. The zero-order valence-corrected chi connectivity index (χ0v) is 26.4. The number of sulfonamides is 1. The van der Waals surface area contributed by atoms with E-state index in [1.807, 2.05) is 18.2 Å². The van der Waals surface area contributed by atoms with Gasteiger partial charge in [0, 0.05) is 57.1 Å². The molecule has 14 heteroatoms. The lowest BCUT2D eigenvalue weighted by Crippen LogP contribution is -2.49. The van der Waals surface area contributed by atoms with E-state index in [1.54, 1.807) is 17.7 Å². The summed E-state index contributed by atoms with van der Waals surface area (Å²) in [6.07, 6.45) is 9.54. The van der Waals surface area contributed by atoms with Crippen molar-refractivity contribution in [3.05, 3.63) is 24.5 Å². The summed E-state index contributed by atoms with van der Waals surface area (Å²) >= 11 is 0. The summed E-state index contributed by atoms with van der Waals surface area (Å²) in [5, 5.41) is 16.6. The molecular formula is C30H45N9O4S. The fraction of sp³-hybridized carbons (Fsp3) is 0.633. The average Bonchev–Trinajstić information content (AvgIpc) is 3.52. The van der Waals surface area contributed by atoms with Gasteiger partial charge in [0.05, 0.1) is 31.0 Å². The van der Waals surface area contributed by atoms with Crippen molar-refractivity contribution >= 4 is 44.3 Å². The second kappa shape index (κ2) is 13.8. The Morgan fingerprint density at radius 1 is 1.02 bits per heavy atom. The van der Waals surface area contributed by atoms with Crippen LogP contribution in [-0.2, 0) is 10.0 Å². The Morgan fingerprint density at radius 2 is 1.80 bits per heavy atom. The first-order valence-corrected chi connectivity index (χ1v) is 17.5. The number of nitrogens with one attached hydrogen (secondary N) is 3. The van der Waals surface area contributed by atoms with Crippen LogP contribution >= 0.6 is 0 Å². The van der Waals surface area contributed by atoms with E-state index < -0.39 is 10.0 Å². The number of imidazole rings is 1. The summed E-state index contributed by atoms with van der Waals surface area (Å²) in [5.41, 5.74) is 3.10. The van der Waals surface area contributed by atoms with E-state index in [4.69, 9.17) is 9.72 Å². The molecule has 2 saturated heterocycles. The molecule has 1 aliphatic carbocycles. The molecule has 0 amide bonds. The number of benzene rings is 1. The number of ether oxygens (including phenoxy) is 1. The van der Waals surface area contributed by atoms with E-state index in [1.165, 1.54) is 19.3 Å². The van der Waals surface area contributed by atoms with Crippen molar-refractivity contribution in [3.63, 3.8) is 0 Å². The topological polar surface area (TPSA) is 152 Å². The summed E-state index contributed by atoms with van der Waals surface area (Å²) in [7, 11) is -1.67. The van der Waals surface area contributed by atoms with Gasteiger partial charge in [-0.15, -0.1) is 0 Å². The van der Waals surface area contributed by atoms with Crippen LogP contribution in [0.3, 0.4) is 0 Å². The monoisotopic (exact) mass is 627 g/mol. The molecule has 2 aromatic heterocycles. The Morgan fingerprint density at radius 3 is 2.55 bits per heavy atom. The number of hydrogen-bond donors (Lipinski definition) is 4. The maximum absolute atomic E-state index is 13.0. The molecule has 6 rings (SSSR count). The van der Waals surface area contributed by atoms with Crippen molar-refractivity contribution in [3.8, 4) is 5.75 Å². The standard InChI is InChI=1S/C30H45N9O4S/c1-43-26-20-23(38-15-17-39(18-16-38)44(41,42)19-5-12-37-13-10-24(40)11-14-37)8-9-25(26)34-30-35-28-27(31-21-32-28)29(36-30)33-22-6-3-2-4-7-22/h8-9,20-22,24,40H,2-7,10-19H2,1H3,(H3,31,32,33,34,35,36). The quantitative estimate of drug-likeness (QED) is 0.248. The van der Waals surface area contributed by atoms with Crippen LogP contribution < -0.4 is 20.3 Å². The summed E-state index contributed by atoms with van der Waals surface area (Å²) in [6, 6.07) is 6.32. The summed E-state index contributed by atoms with van der Waals surface area (Å²) in [5.74, 6) is 1.98. The molecule has 0 bridgehead atoms. The number of nitrogens with zero attached hydrogens (tertiary/aromatic N) is 6. The van der Waals surface area contributed by atoms with Crippen LogP contribution in [0.4, 0.5) is 23.1 Å². The first-order valence-electron chi connectivity index (χ1n) is 15.9. The number of aromatic amines is 1. The summed E-state index contributed by atoms with van der Waals surface area (Å²) in [6.45, 7) is 4.55. The van der Waals surface area contributed by atoms with E-state index >= 15 is 0 Å². The van der Waals surface area contributed by atoms with Gasteiger partial charge in [-0.1, -0.05) is 19.3 Å². The lowest BCUT2D eigenvalue weighted by atomic mass is 9.95. The number of anilines is 4. The van der Waals surface area contributed by atoms with Crippen LogP contribution in [0.25, 0.3) is 11.2 Å². The highest BCUT2D eigenvalue weighted by Crippen LogP contribution is 2.33. The lowest BCUT2D eigenvalue weighted by Gasteiger charge is -2.36. The van der Waals surface area contributed by atoms with Crippen LogP contribution in [0.5, 0.6) is 5.75 Å². The van der Waals surface area contributed by atoms with Gasteiger partial charge in [-0.3, -0.25) is 0 Å². The highest BCUT2D eigenvalue weighted by molar-refractivity contribution is 7.89. The Kier molecular flexibility index (Phi) is 9.69. The second-order valence-electron chi connectivity index (χ2n) is 12.1. The Balaban J connectivity index is 1.06. The maximum Gasteiger partial charge on any atom is 0.231 e. The number of aromatic nitrogens is 4. The van der Waals surface area contributed by atoms with E-state index in [-0.39, 0.29) is 11.9 Å². The number of aliphatic hydroxyl groups excluding tert-OH is 1. The van der Waals surface area contributed by atoms with E-state index in [9.17, 15) is 13.5 Å². The van der Waals surface area contributed by atoms with Gasteiger partial charge in [0.25, 0.3) is 0 Å². The van der Waals surface area contributed by atoms with Crippen LogP contribution in [0.15, 0.2) is 24.5 Å². The number of likely N-dealkylation sites (tertiary alicyclic amines) is 1. The van der Waals surface area contributed by atoms with Crippen molar-refractivity contribution in [2.45, 2.75) is 63.5 Å². The predicted molar refractivity (Wildman–Crippen MR) is 172 cm³/mol. The van der Waals surface area contributed by atoms with Crippen LogP contribution in [0, 0.1) is 0 Å². The number of H-pyrrole nitrogens is 1. The van der Waals surface area contributed by atoms with Crippen molar-refractivity contribution in [1.29, 1.82) is 0 Å². The second-order valence-corrected chi connectivity index (χ2v) is 14.2. The third-order valence-electron chi connectivity index (χ3n) is 9.09. The van der Waals surface area contributed by atoms with Crippen molar-refractivity contribution in [2.24, 2.45) is 0 Å². The largest absolute Gasteiger partial charge is 0.494 e. The third-order valence-corrected chi connectivity index (χ3v) is 11.0. The Hall–Kier alpha value is -3.20. The molecule has 1 saturated carbocycles. The number of hydrogen-bond acceptors (Lipinski definition) is 11. The maximum atomic E-state index is 13.0. The Labute approximate surface area is 259 Å². The molecule has 0 atom stereocenters. The molecule has 0 spiro atoms. The van der Waals surface area contributed by atoms with Gasteiger partial charge in [0.15, 0.2) is 11.5 Å². The van der Waals surface area contributed by atoms with Gasteiger partial charge < -0.3 is 35.3 Å². The molecule has 240 valence electrons. The molecule has 0 unspecified atom stereocenters. The van der Waals surface area contributed by atoms with Crippen LogP contribution in [0.1, 0.15) is 51.4 Å². The van der Waals surface area contributed by atoms with Crippen LogP contribution in [-0.4, -0.2) is 113 Å². The predicted octanol–water partition coefficient (Wildman–Crippen LogP) is 3.15. The SMILES string of the molecule is COc1cc(N2CCN(S(=O)(=O)CCCN3CCC(O)CC3)CC2)ccc1Nc1nc(NC2CCCCC2)c2nc[nH]c2n1. The minimum Gasteiger partial charge on any atom is -0.494 e. The first kappa shape index (κ1) is 30.8. The minimum absolute atomic E-state index is 0.157. The molecule has 4 N–H and O–H groups in total. The van der Waals surface area contributed by atoms with Gasteiger partial charge in [-0.25, -0.2) is 13.4 Å². The number of aliphatic hydroxyl groups is 1. The normalized spacial score (nSPS) is 19.8. The third kappa shape index (κ3) is 7.36. The molecular weight excluding hydrogens is 582 g/mol. The number of piperidine rings is 1. The fourth-order valence-corrected chi connectivity index (χ4v) is 7.97.